The third kappa shape index (κ3) is 2.88. The first-order valence-corrected chi connectivity index (χ1v) is 8.45. The van der Waals surface area contributed by atoms with Crippen molar-refractivity contribution in [1.82, 2.24) is 4.98 Å². The minimum absolute atomic E-state index is 0.194. The molecule has 0 saturated carbocycles. The molecule has 4 aromatic rings. The van der Waals surface area contributed by atoms with Gasteiger partial charge in [-0.05, 0) is 50.2 Å². The Bertz CT molecular complexity index is 1100. The second-order valence-electron chi connectivity index (χ2n) is 6.54. The Morgan fingerprint density at radius 3 is 2.62 bits per heavy atom. The van der Waals surface area contributed by atoms with Gasteiger partial charge in [0.1, 0.15) is 11.3 Å². The lowest BCUT2D eigenvalue weighted by atomic mass is 10.1. The van der Waals surface area contributed by atoms with Gasteiger partial charge in [-0.1, -0.05) is 18.2 Å². The summed E-state index contributed by atoms with van der Waals surface area (Å²) in [5, 5.41) is 14.4. The molecule has 26 heavy (non-hydrogen) atoms. The van der Waals surface area contributed by atoms with E-state index in [2.05, 4.69) is 5.32 Å². The number of carboxylic acid groups (broad SMARTS) is 1. The molecule has 2 aromatic carbocycles. The summed E-state index contributed by atoms with van der Waals surface area (Å²) in [7, 11) is 0. The van der Waals surface area contributed by atoms with Gasteiger partial charge in [0.2, 0.25) is 0 Å². The zero-order chi connectivity index (χ0) is 18.3. The predicted molar refractivity (Wildman–Crippen MR) is 103 cm³/mol. The number of furan rings is 1. The molecule has 0 spiro atoms. The van der Waals surface area contributed by atoms with Gasteiger partial charge in [-0.15, -0.1) is 0 Å². The first-order valence-electron chi connectivity index (χ1n) is 8.45. The molecule has 5 heteroatoms. The molecule has 5 nitrogen and oxygen atoms in total. The SMILES string of the molecule is CC(C)Nc1cc2cc(C(=O)O)ccc2nc1-c1cc2ccccc2o1. The van der Waals surface area contributed by atoms with Gasteiger partial charge >= 0.3 is 5.97 Å². The second kappa shape index (κ2) is 6.19. The summed E-state index contributed by atoms with van der Waals surface area (Å²) in [6.45, 7) is 4.08. The third-order valence-corrected chi connectivity index (χ3v) is 4.16. The molecule has 0 aliphatic rings. The summed E-state index contributed by atoms with van der Waals surface area (Å²) in [5.74, 6) is -0.273. The number of carbonyl (C=O) groups is 1. The molecule has 2 heterocycles. The Morgan fingerprint density at radius 2 is 1.88 bits per heavy atom. The first-order chi connectivity index (χ1) is 12.5. The minimum Gasteiger partial charge on any atom is -0.478 e. The molecular formula is C21H18N2O3. The number of carboxylic acids is 1. The molecule has 2 N–H and O–H groups in total. The van der Waals surface area contributed by atoms with Crippen LogP contribution < -0.4 is 5.32 Å². The minimum atomic E-state index is -0.952. The highest BCUT2D eigenvalue weighted by atomic mass is 16.4. The third-order valence-electron chi connectivity index (χ3n) is 4.16. The maximum Gasteiger partial charge on any atom is 0.335 e. The van der Waals surface area contributed by atoms with Crippen molar-refractivity contribution in [2.45, 2.75) is 19.9 Å². The number of nitrogens with zero attached hydrogens (tertiary/aromatic N) is 1. The van der Waals surface area contributed by atoms with Gasteiger partial charge in [0.15, 0.2) is 5.76 Å². The summed E-state index contributed by atoms with van der Waals surface area (Å²) in [6, 6.07) is 16.9. The van der Waals surface area contributed by atoms with Crippen LogP contribution >= 0.6 is 0 Å². The van der Waals surface area contributed by atoms with Gasteiger partial charge in [-0.25, -0.2) is 9.78 Å². The fourth-order valence-electron chi connectivity index (χ4n) is 3.02. The Labute approximate surface area is 150 Å². The number of fused-ring (bicyclic) bond motifs is 2. The highest BCUT2D eigenvalue weighted by Gasteiger charge is 2.15. The molecule has 4 rings (SSSR count). The number of hydrogen-bond acceptors (Lipinski definition) is 4. The number of benzene rings is 2. The smallest absolute Gasteiger partial charge is 0.335 e. The zero-order valence-corrected chi connectivity index (χ0v) is 14.5. The summed E-state index contributed by atoms with van der Waals surface area (Å²) < 4.78 is 5.99. The van der Waals surface area contributed by atoms with Gasteiger partial charge in [-0.3, -0.25) is 0 Å². The summed E-state index contributed by atoms with van der Waals surface area (Å²) in [5.41, 5.74) is 3.30. The van der Waals surface area contributed by atoms with Crippen LogP contribution in [-0.4, -0.2) is 22.1 Å². The monoisotopic (exact) mass is 346 g/mol. The van der Waals surface area contributed by atoms with Gasteiger partial charge in [0.25, 0.3) is 0 Å². The molecule has 0 bridgehead atoms. The van der Waals surface area contributed by atoms with Crippen molar-refractivity contribution in [2.24, 2.45) is 0 Å². The molecule has 0 unspecified atom stereocenters. The van der Waals surface area contributed by atoms with E-state index in [0.29, 0.717) is 11.5 Å². The number of aromatic carboxylic acids is 1. The van der Waals surface area contributed by atoms with Gasteiger partial charge in [0, 0.05) is 16.8 Å². The number of hydrogen-bond donors (Lipinski definition) is 2. The average Bonchev–Trinajstić information content (AvgIpc) is 3.04. The van der Waals surface area contributed by atoms with Crippen molar-refractivity contribution < 1.29 is 14.3 Å². The van der Waals surface area contributed by atoms with E-state index in [1.807, 2.05) is 50.2 Å². The van der Waals surface area contributed by atoms with Crippen LogP contribution in [0.2, 0.25) is 0 Å². The molecule has 0 atom stereocenters. The fraction of sp³-hybridized carbons (Fsp3) is 0.143. The Hall–Kier alpha value is -3.34. The van der Waals surface area contributed by atoms with Gasteiger partial charge in [-0.2, -0.15) is 0 Å². The zero-order valence-electron chi connectivity index (χ0n) is 14.5. The number of nitrogens with one attached hydrogen (secondary N) is 1. The largest absolute Gasteiger partial charge is 0.478 e. The van der Waals surface area contributed by atoms with E-state index in [1.54, 1.807) is 18.2 Å². The summed E-state index contributed by atoms with van der Waals surface area (Å²) in [6.07, 6.45) is 0. The molecule has 0 amide bonds. The quantitative estimate of drug-likeness (QED) is 0.533. The highest BCUT2D eigenvalue weighted by molar-refractivity contribution is 5.96. The van der Waals surface area contributed by atoms with E-state index in [9.17, 15) is 9.90 Å². The molecular weight excluding hydrogens is 328 g/mol. The van der Waals surface area contributed by atoms with Crippen molar-refractivity contribution in [3.8, 4) is 11.5 Å². The highest BCUT2D eigenvalue weighted by Crippen LogP contribution is 2.34. The Balaban J connectivity index is 1.93. The summed E-state index contributed by atoms with van der Waals surface area (Å²) >= 11 is 0. The number of rotatable bonds is 4. The summed E-state index contributed by atoms with van der Waals surface area (Å²) in [4.78, 5) is 16.0. The Morgan fingerprint density at radius 1 is 1.08 bits per heavy atom. The lowest BCUT2D eigenvalue weighted by molar-refractivity contribution is 0.0697. The van der Waals surface area contributed by atoms with Crippen molar-refractivity contribution in [3.05, 3.63) is 60.2 Å². The molecule has 2 aromatic heterocycles. The maximum atomic E-state index is 11.2. The van der Waals surface area contributed by atoms with E-state index in [4.69, 9.17) is 9.40 Å². The fourth-order valence-corrected chi connectivity index (χ4v) is 3.02. The topological polar surface area (TPSA) is 75.4 Å². The molecule has 0 aliphatic heterocycles. The van der Waals surface area contributed by atoms with Crippen LogP contribution in [0.25, 0.3) is 33.3 Å². The van der Waals surface area contributed by atoms with Crippen molar-refractivity contribution in [2.75, 3.05) is 5.32 Å². The van der Waals surface area contributed by atoms with E-state index in [0.717, 1.165) is 27.6 Å². The molecule has 0 saturated heterocycles. The van der Waals surface area contributed by atoms with Crippen LogP contribution in [0.3, 0.4) is 0 Å². The molecule has 0 aliphatic carbocycles. The average molecular weight is 346 g/mol. The standard InChI is InChI=1S/C21H18N2O3/c1-12(2)22-17-10-15-9-14(21(24)25)7-8-16(15)23-20(17)19-11-13-5-3-4-6-18(13)26-19/h3-12,22H,1-2H3,(H,24,25). The van der Waals surface area contributed by atoms with Gasteiger partial charge < -0.3 is 14.8 Å². The lowest BCUT2D eigenvalue weighted by Gasteiger charge is -2.14. The number of anilines is 1. The molecule has 0 radical (unpaired) electrons. The van der Waals surface area contributed by atoms with Crippen LogP contribution in [0.1, 0.15) is 24.2 Å². The molecule has 130 valence electrons. The second-order valence-corrected chi connectivity index (χ2v) is 6.54. The van der Waals surface area contributed by atoms with Crippen molar-refractivity contribution in [3.63, 3.8) is 0 Å². The van der Waals surface area contributed by atoms with E-state index in [1.165, 1.54) is 0 Å². The lowest BCUT2D eigenvalue weighted by Crippen LogP contribution is -2.11. The predicted octanol–water partition coefficient (Wildman–Crippen LogP) is 5.17. The van der Waals surface area contributed by atoms with E-state index in [-0.39, 0.29) is 11.6 Å². The normalized spacial score (nSPS) is 11.3. The molecule has 0 fully saturated rings. The van der Waals surface area contributed by atoms with Crippen molar-refractivity contribution in [1.29, 1.82) is 0 Å². The Kier molecular flexibility index (Phi) is 3.84. The van der Waals surface area contributed by atoms with Crippen molar-refractivity contribution >= 4 is 33.5 Å². The first kappa shape index (κ1) is 16.1. The van der Waals surface area contributed by atoms with Crippen LogP contribution in [-0.2, 0) is 0 Å². The van der Waals surface area contributed by atoms with Crippen LogP contribution in [0.4, 0.5) is 5.69 Å². The maximum absolute atomic E-state index is 11.2. The van der Waals surface area contributed by atoms with Gasteiger partial charge in [0.05, 0.1) is 16.8 Å². The van der Waals surface area contributed by atoms with Crippen LogP contribution in [0.5, 0.6) is 0 Å². The van der Waals surface area contributed by atoms with E-state index < -0.39 is 5.97 Å². The number of pyridine rings is 1. The van der Waals surface area contributed by atoms with E-state index >= 15 is 0 Å². The number of aromatic nitrogens is 1. The van der Waals surface area contributed by atoms with Crippen LogP contribution in [0.15, 0.2) is 59.0 Å². The van der Waals surface area contributed by atoms with Crippen LogP contribution in [0, 0.1) is 0 Å². The number of para-hydroxylation sites is 1.